The zero-order valence-corrected chi connectivity index (χ0v) is 8.93. The first-order valence-electron chi connectivity index (χ1n) is 5.90. The molecule has 1 saturated heterocycles. The molecule has 0 radical (unpaired) electrons. The molecule has 1 saturated carbocycles. The summed E-state index contributed by atoms with van der Waals surface area (Å²) in [5.74, 6) is 0. The van der Waals surface area contributed by atoms with Crippen LogP contribution >= 0.6 is 0 Å². The Hall–Kier alpha value is -0.120. The van der Waals surface area contributed by atoms with Crippen LogP contribution in [0.4, 0.5) is 0 Å². The first-order chi connectivity index (χ1) is 6.85. The lowest BCUT2D eigenvalue weighted by atomic mass is 9.91. The monoisotopic (exact) mass is 198 g/mol. The number of rotatable bonds is 3. The van der Waals surface area contributed by atoms with Crippen LogP contribution in [0.1, 0.15) is 38.5 Å². The zero-order chi connectivity index (χ0) is 9.86. The summed E-state index contributed by atoms with van der Waals surface area (Å²) in [6, 6.07) is 0.689. The molecule has 0 amide bonds. The van der Waals surface area contributed by atoms with Gasteiger partial charge in [0.1, 0.15) is 0 Å². The van der Waals surface area contributed by atoms with Gasteiger partial charge in [-0.2, -0.15) is 0 Å². The zero-order valence-electron chi connectivity index (χ0n) is 8.93. The fourth-order valence-corrected chi connectivity index (χ4v) is 2.62. The average molecular weight is 198 g/mol. The van der Waals surface area contributed by atoms with Crippen molar-refractivity contribution >= 4 is 0 Å². The summed E-state index contributed by atoms with van der Waals surface area (Å²) in [6.45, 7) is 2.39. The Morgan fingerprint density at radius 2 is 2.07 bits per heavy atom. The van der Waals surface area contributed by atoms with E-state index in [-0.39, 0.29) is 5.54 Å². The minimum Gasteiger partial charge on any atom is -0.379 e. The van der Waals surface area contributed by atoms with E-state index >= 15 is 0 Å². The van der Waals surface area contributed by atoms with Crippen molar-refractivity contribution in [3.63, 3.8) is 0 Å². The standard InChI is InChI=1S/C11H22N2O/c12-8-11(6-7-14-9-11)13-10-4-2-1-3-5-10/h10,13H,1-9,12H2. The molecule has 0 bridgehead atoms. The van der Waals surface area contributed by atoms with Gasteiger partial charge in [-0.25, -0.2) is 0 Å². The molecule has 2 aliphatic rings. The quantitative estimate of drug-likeness (QED) is 0.712. The van der Waals surface area contributed by atoms with E-state index < -0.39 is 0 Å². The molecule has 3 nitrogen and oxygen atoms in total. The van der Waals surface area contributed by atoms with E-state index in [0.717, 1.165) is 19.6 Å². The summed E-state index contributed by atoms with van der Waals surface area (Å²) in [5, 5.41) is 3.73. The molecule has 3 N–H and O–H groups in total. The normalized spacial score (nSPS) is 34.9. The maximum Gasteiger partial charge on any atom is 0.0661 e. The average Bonchev–Trinajstić information content (AvgIpc) is 2.69. The summed E-state index contributed by atoms with van der Waals surface area (Å²) in [7, 11) is 0. The van der Waals surface area contributed by atoms with Crippen LogP contribution in [-0.4, -0.2) is 31.3 Å². The summed E-state index contributed by atoms with van der Waals surface area (Å²) < 4.78 is 5.45. The lowest BCUT2D eigenvalue weighted by Crippen LogP contribution is -2.56. The Labute approximate surface area is 86.4 Å². The van der Waals surface area contributed by atoms with Crippen LogP contribution in [0.3, 0.4) is 0 Å². The van der Waals surface area contributed by atoms with Crippen molar-refractivity contribution in [1.29, 1.82) is 0 Å². The number of nitrogens with two attached hydrogens (primary N) is 1. The van der Waals surface area contributed by atoms with Crippen LogP contribution in [0, 0.1) is 0 Å². The Balaban J connectivity index is 1.86. The van der Waals surface area contributed by atoms with Gasteiger partial charge in [0.05, 0.1) is 12.1 Å². The lowest BCUT2D eigenvalue weighted by Gasteiger charge is -2.34. The second kappa shape index (κ2) is 4.60. The van der Waals surface area contributed by atoms with Crippen molar-refractivity contribution in [2.45, 2.75) is 50.1 Å². The van der Waals surface area contributed by atoms with E-state index in [1.165, 1.54) is 32.1 Å². The van der Waals surface area contributed by atoms with Crippen LogP contribution in [0.2, 0.25) is 0 Å². The van der Waals surface area contributed by atoms with Crippen LogP contribution in [0.25, 0.3) is 0 Å². The minimum absolute atomic E-state index is 0.0992. The fraction of sp³-hybridized carbons (Fsp3) is 1.00. The van der Waals surface area contributed by atoms with E-state index in [0.29, 0.717) is 12.6 Å². The molecule has 0 aromatic heterocycles. The van der Waals surface area contributed by atoms with E-state index in [1.807, 2.05) is 0 Å². The predicted octanol–water partition coefficient (Wildman–Crippen LogP) is 1.03. The highest BCUT2D eigenvalue weighted by Crippen LogP contribution is 2.23. The van der Waals surface area contributed by atoms with Crippen LogP contribution < -0.4 is 11.1 Å². The van der Waals surface area contributed by atoms with E-state index in [2.05, 4.69) is 5.32 Å². The van der Waals surface area contributed by atoms with Gasteiger partial charge in [-0.15, -0.1) is 0 Å². The molecule has 1 atom stereocenters. The van der Waals surface area contributed by atoms with Gasteiger partial charge in [0, 0.05) is 19.2 Å². The summed E-state index contributed by atoms with van der Waals surface area (Å²) >= 11 is 0. The molecule has 2 fully saturated rings. The second-order valence-corrected chi connectivity index (χ2v) is 4.77. The molecule has 0 aromatic rings. The van der Waals surface area contributed by atoms with Gasteiger partial charge >= 0.3 is 0 Å². The van der Waals surface area contributed by atoms with Gasteiger partial charge in [-0.3, -0.25) is 0 Å². The molecule has 0 aromatic carbocycles. The Bertz CT molecular complexity index is 172. The van der Waals surface area contributed by atoms with Crippen molar-refractivity contribution in [3.8, 4) is 0 Å². The van der Waals surface area contributed by atoms with Crippen LogP contribution in [-0.2, 0) is 4.74 Å². The van der Waals surface area contributed by atoms with Gasteiger partial charge in [0.15, 0.2) is 0 Å². The topological polar surface area (TPSA) is 47.3 Å². The minimum atomic E-state index is 0.0992. The highest BCUT2D eigenvalue weighted by molar-refractivity contribution is 4.95. The van der Waals surface area contributed by atoms with Gasteiger partial charge < -0.3 is 15.8 Å². The molecule has 14 heavy (non-hydrogen) atoms. The summed E-state index contributed by atoms with van der Waals surface area (Å²) in [6.07, 6.45) is 7.88. The SMILES string of the molecule is NCC1(NC2CCCCC2)CCOC1. The third-order valence-electron chi connectivity index (χ3n) is 3.61. The van der Waals surface area contributed by atoms with E-state index in [4.69, 9.17) is 10.5 Å². The molecule has 1 heterocycles. The number of nitrogens with one attached hydrogen (secondary N) is 1. The molecular weight excluding hydrogens is 176 g/mol. The van der Waals surface area contributed by atoms with Crippen LogP contribution in [0.5, 0.6) is 0 Å². The third-order valence-corrected chi connectivity index (χ3v) is 3.61. The highest BCUT2D eigenvalue weighted by Gasteiger charge is 2.35. The molecule has 3 heteroatoms. The number of ether oxygens (including phenoxy) is 1. The predicted molar refractivity (Wildman–Crippen MR) is 57.2 cm³/mol. The Kier molecular flexibility index (Phi) is 3.42. The molecule has 1 unspecified atom stereocenters. The van der Waals surface area contributed by atoms with E-state index in [9.17, 15) is 0 Å². The molecule has 0 spiro atoms. The summed E-state index contributed by atoms with van der Waals surface area (Å²) in [5.41, 5.74) is 5.94. The molecule has 1 aliphatic carbocycles. The van der Waals surface area contributed by atoms with Gasteiger partial charge in [-0.05, 0) is 19.3 Å². The van der Waals surface area contributed by atoms with Gasteiger partial charge in [0.2, 0.25) is 0 Å². The molecular formula is C11H22N2O. The van der Waals surface area contributed by atoms with Crippen molar-refractivity contribution < 1.29 is 4.74 Å². The van der Waals surface area contributed by atoms with Gasteiger partial charge in [0.25, 0.3) is 0 Å². The number of hydrogen-bond acceptors (Lipinski definition) is 3. The second-order valence-electron chi connectivity index (χ2n) is 4.77. The molecule has 82 valence electrons. The molecule has 2 rings (SSSR count). The highest BCUT2D eigenvalue weighted by atomic mass is 16.5. The third kappa shape index (κ3) is 2.27. The first-order valence-corrected chi connectivity index (χ1v) is 5.90. The maximum absolute atomic E-state index is 5.84. The van der Waals surface area contributed by atoms with Crippen molar-refractivity contribution in [2.75, 3.05) is 19.8 Å². The molecule has 1 aliphatic heterocycles. The largest absolute Gasteiger partial charge is 0.379 e. The Morgan fingerprint density at radius 1 is 1.29 bits per heavy atom. The maximum atomic E-state index is 5.84. The first kappa shape index (κ1) is 10.4. The van der Waals surface area contributed by atoms with Crippen molar-refractivity contribution in [2.24, 2.45) is 5.73 Å². The lowest BCUT2D eigenvalue weighted by molar-refractivity contribution is 0.158. The fourth-order valence-electron chi connectivity index (χ4n) is 2.62. The van der Waals surface area contributed by atoms with Crippen molar-refractivity contribution in [1.82, 2.24) is 5.32 Å². The smallest absolute Gasteiger partial charge is 0.0661 e. The summed E-state index contributed by atoms with van der Waals surface area (Å²) in [4.78, 5) is 0. The van der Waals surface area contributed by atoms with Crippen molar-refractivity contribution in [3.05, 3.63) is 0 Å². The van der Waals surface area contributed by atoms with Gasteiger partial charge in [-0.1, -0.05) is 19.3 Å². The van der Waals surface area contributed by atoms with E-state index in [1.54, 1.807) is 0 Å². The number of hydrogen-bond donors (Lipinski definition) is 2. The van der Waals surface area contributed by atoms with Crippen LogP contribution in [0.15, 0.2) is 0 Å². The Morgan fingerprint density at radius 3 is 2.64 bits per heavy atom.